The van der Waals surface area contributed by atoms with Crippen LogP contribution in [0.25, 0.3) is 0 Å². The molecule has 17 heavy (non-hydrogen) atoms. The van der Waals surface area contributed by atoms with Crippen molar-refractivity contribution in [3.63, 3.8) is 0 Å². The van der Waals surface area contributed by atoms with Crippen LogP contribution in [0.3, 0.4) is 0 Å². The number of nitrogens with one attached hydrogen (secondary N) is 1. The first-order valence-corrected chi connectivity index (χ1v) is 5.61. The van der Waals surface area contributed by atoms with E-state index < -0.39 is 0 Å². The zero-order valence-electron chi connectivity index (χ0n) is 10.4. The van der Waals surface area contributed by atoms with E-state index in [0.29, 0.717) is 6.54 Å². The number of carbonyl (C=O) groups excluding carboxylic acids is 1. The van der Waals surface area contributed by atoms with Gasteiger partial charge in [0.1, 0.15) is 5.82 Å². The molecule has 4 heteroatoms. The summed E-state index contributed by atoms with van der Waals surface area (Å²) in [5, 5.41) is 3.17. The molecule has 0 aromatic heterocycles. The minimum Gasteiger partial charge on any atom is -0.469 e. The number of rotatable bonds is 5. The van der Waals surface area contributed by atoms with Gasteiger partial charge in [-0.3, -0.25) is 4.79 Å². The second-order valence-electron chi connectivity index (χ2n) is 4.11. The Morgan fingerprint density at radius 3 is 2.76 bits per heavy atom. The van der Waals surface area contributed by atoms with Gasteiger partial charge in [-0.15, -0.1) is 0 Å². The van der Waals surface area contributed by atoms with Crippen LogP contribution in [-0.2, 0) is 9.53 Å². The number of benzene rings is 1. The maximum atomic E-state index is 13.0. The van der Waals surface area contributed by atoms with Gasteiger partial charge in [-0.05, 0) is 24.6 Å². The molecule has 0 aliphatic heterocycles. The molecular weight excluding hydrogens is 221 g/mol. The van der Waals surface area contributed by atoms with Gasteiger partial charge < -0.3 is 10.1 Å². The lowest BCUT2D eigenvalue weighted by Gasteiger charge is -2.16. The molecule has 1 aromatic carbocycles. The Morgan fingerprint density at radius 2 is 2.18 bits per heavy atom. The molecule has 0 heterocycles. The van der Waals surface area contributed by atoms with Crippen molar-refractivity contribution in [3.8, 4) is 0 Å². The van der Waals surface area contributed by atoms with Gasteiger partial charge in [0.05, 0.1) is 13.0 Å². The Bertz CT molecular complexity index is 381. The summed E-state index contributed by atoms with van der Waals surface area (Å²) in [5.41, 5.74) is 0.863. The van der Waals surface area contributed by atoms with Crippen molar-refractivity contribution >= 4 is 5.97 Å². The van der Waals surface area contributed by atoms with Crippen molar-refractivity contribution < 1.29 is 13.9 Å². The molecular formula is C13H18FNO2. The molecule has 0 spiro atoms. The number of esters is 1. The second kappa shape index (κ2) is 6.35. The van der Waals surface area contributed by atoms with Crippen molar-refractivity contribution in [3.05, 3.63) is 35.6 Å². The Balaban J connectivity index is 2.50. The topological polar surface area (TPSA) is 38.3 Å². The fourth-order valence-electron chi connectivity index (χ4n) is 1.53. The SMILES string of the molecule is COC(=O)C(C)CNC(C)c1cccc(F)c1. The van der Waals surface area contributed by atoms with Gasteiger partial charge in [0.25, 0.3) is 0 Å². The van der Waals surface area contributed by atoms with Gasteiger partial charge in [0.2, 0.25) is 0 Å². The highest BCUT2D eigenvalue weighted by Crippen LogP contribution is 2.13. The highest BCUT2D eigenvalue weighted by molar-refractivity contribution is 5.72. The van der Waals surface area contributed by atoms with Crippen LogP contribution in [0, 0.1) is 11.7 Å². The van der Waals surface area contributed by atoms with Gasteiger partial charge in [-0.25, -0.2) is 4.39 Å². The molecule has 0 saturated carbocycles. The van der Waals surface area contributed by atoms with E-state index in [2.05, 4.69) is 10.1 Å². The predicted octanol–water partition coefficient (Wildman–Crippen LogP) is 2.29. The molecule has 94 valence electrons. The minimum atomic E-state index is -0.253. The van der Waals surface area contributed by atoms with E-state index in [9.17, 15) is 9.18 Å². The predicted molar refractivity (Wildman–Crippen MR) is 64.0 cm³/mol. The minimum absolute atomic E-state index is 0.00203. The molecule has 0 bridgehead atoms. The van der Waals surface area contributed by atoms with Crippen molar-refractivity contribution in [2.45, 2.75) is 19.9 Å². The first kappa shape index (κ1) is 13.6. The first-order chi connectivity index (χ1) is 8.04. The molecule has 0 saturated heterocycles. The van der Waals surface area contributed by atoms with Crippen molar-refractivity contribution in [2.24, 2.45) is 5.92 Å². The van der Waals surface area contributed by atoms with E-state index in [4.69, 9.17) is 0 Å². The average molecular weight is 239 g/mol. The summed E-state index contributed by atoms with van der Waals surface area (Å²) in [4.78, 5) is 11.2. The van der Waals surface area contributed by atoms with E-state index in [1.165, 1.54) is 19.2 Å². The summed E-state index contributed by atoms with van der Waals surface area (Å²) in [7, 11) is 1.37. The van der Waals surface area contributed by atoms with Crippen molar-refractivity contribution in [1.82, 2.24) is 5.32 Å². The van der Waals surface area contributed by atoms with E-state index in [-0.39, 0.29) is 23.7 Å². The number of hydrogen-bond donors (Lipinski definition) is 1. The summed E-state index contributed by atoms with van der Waals surface area (Å²) >= 11 is 0. The van der Waals surface area contributed by atoms with Crippen LogP contribution in [0.15, 0.2) is 24.3 Å². The summed E-state index contributed by atoms with van der Waals surface area (Å²) < 4.78 is 17.6. The number of halogens is 1. The third-order valence-electron chi connectivity index (χ3n) is 2.68. The molecule has 0 aliphatic rings. The summed E-state index contributed by atoms with van der Waals surface area (Å²) in [6.45, 7) is 4.22. The van der Waals surface area contributed by atoms with Crippen LogP contribution in [0.2, 0.25) is 0 Å². The van der Waals surface area contributed by atoms with E-state index >= 15 is 0 Å². The van der Waals surface area contributed by atoms with Gasteiger partial charge >= 0.3 is 5.97 Å². The molecule has 0 aliphatic carbocycles. The number of methoxy groups -OCH3 is 1. The quantitative estimate of drug-likeness (QED) is 0.801. The first-order valence-electron chi connectivity index (χ1n) is 5.61. The standard InChI is InChI=1S/C13H18FNO2/c1-9(13(16)17-3)8-15-10(2)11-5-4-6-12(14)7-11/h4-7,9-10,15H,8H2,1-3H3. The lowest BCUT2D eigenvalue weighted by atomic mass is 10.1. The molecule has 1 aromatic rings. The van der Waals surface area contributed by atoms with Crippen LogP contribution in [0.1, 0.15) is 25.5 Å². The Labute approximate surface area is 101 Å². The molecule has 0 radical (unpaired) electrons. The zero-order chi connectivity index (χ0) is 12.8. The number of ether oxygens (including phenoxy) is 1. The molecule has 2 atom stereocenters. The molecule has 1 rings (SSSR count). The fraction of sp³-hybridized carbons (Fsp3) is 0.462. The Hall–Kier alpha value is -1.42. The van der Waals surface area contributed by atoms with Crippen LogP contribution < -0.4 is 5.32 Å². The van der Waals surface area contributed by atoms with E-state index in [1.54, 1.807) is 13.0 Å². The fourth-order valence-corrected chi connectivity index (χ4v) is 1.53. The highest BCUT2D eigenvalue weighted by atomic mass is 19.1. The monoisotopic (exact) mass is 239 g/mol. The van der Waals surface area contributed by atoms with Crippen LogP contribution in [0.5, 0.6) is 0 Å². The zero-order valence-corrected chi connectivity index (χ0v) is 10.4. The lowest BCUT2D eigenvalue weighted by molar-refractivity contribution is -0.144. The maximum Gasteiger partial charge on any atom is 0.309 e. The maximum absolute atomic E-state index is 13.0. The van der Waals surface area contributed by atoms with Gasteiger partial charge in [-0.2, -0.15) is 0 Å². The second-order valence-corrected chi connectivity index (χ2v) is 4.11. The molecule has 0 amide bonds. The number of carbonyl (C=O) groups is 1. The van der Waals surface area contributed by atoms with Gasteiger partial charge in [0, 0.05) is 12.6 Å². The summed E-state index contributed by atoms with van der Waals surface area (Å²) in [6, 6.07) is 6.42. The smallest absolute Gasteiger partial charge is 0.309 e. The molecule has 3 nitrogen and oxygen atoms in total. The van der Waals surface area contributed by atoms with Crippen LogP contribution in [-0.4, -0.2) is 19.6 Å². The summed E-state index contributed by atoms with van der Waals surface area (Å²) in [5.74, 6) is -0.711. The molecule has 0 fully saturated rings. The average Bonchev–Trinajstić information content (AvgIpc) is 2.34. The third-order valence-corrected chi connectivity index (χ3v) is 2.68. The summed E-state index contributed by atoms with van der Waals surface area (Å²) in [6.07, 6.45) is 0. The molecule has 1 N–H and O–H groups in total. The Morgan fingerprint density at radius 1 is 1.47 bits per heavy atom. The number of hydrogen-bond acceptors (Lipinski definition) is 3. The van der Waals surface area contributed by atoms with Crippen molar-refractivity contribution in [2.75, 3.05) is 13.7 Å². The Kier molecular flexibility index (Phi) is 5.10. The van der Waals surface area contributed by atoms with Crippen molar-refractivity contribution in [1.29, 1.82) is 0 Å². The largest absolute Gasteiger partial charge is 0.469 e. The normalized spacial score (nSPS) is 14.1. The highest BCUT2D eigenvalue weighted by Gasteiger charge is 2.14. The van der Waals surface area contributed by atoms with Crippen LogP contribution in [0.4, 0.5) is 4.39 Å². The van der Waals surface area contributed by atoms with Gasteiger partial charge in [0.15, 0.2) is 0 Å². The lowest BCUT2D eigenvalue weighted by Crippen LogP contribution is -2.29. The van der Waals surface area contributed by atoms with Gasteiger partial charge in [-0.1, -0.05) is 19.1 Å². The van der Waals surface area contributed by atoms with E-state index in [1.807, 2.05) is 13.0 Å². The van der Waals surface area contributed by atoms with E-state index in [0.717, 1.165) is 5.56 Å². The molecule has 2 unspecified atom stereocenters. The third kappa shape index (κ3) is 4.15. The van der Waals surface area contributed by atoms with Crippen LogP contribution >= 0.6 is 0 Å².